The summed E-state index contributed by atoms with van der Waals surface area (Å²) < 4.78 is 6.18. The fraction of sp³-hybridized carbons (Fsp3) is 0.333. The minimum atomic E-state index is -0.707. The largest absolute Gasteiger partial charge is 0.462 e. The van der Waals surface area contributed by atoms with E-state index in [2.05, 4.69) is 11.1 Å². The third kappa shape index (κ3) is 2.76. The van der Waals surface area contributed by atoms with E-state index in [1.54, 1.807) is 13.1 Å². The van der Waals surface area contributed by atoms with E-state index >= 15 is 0 Å². The first kappa shape index (κ1) is 16.7. The van der Waals surface area contributed by atoms with Crippen molar-refractivity contribution in [1.82, 2.24) is 14.3 Å². The molecule has 2 aromatic heterocycles. The Kier molecular flexibility index (Phi) is 4.28. The van der Waals surface area contributed by atoms with Crippen molar-refractivity contribution in [2.24, 2.45) is 0 Å². The Morgan fingerprint density at radius 3 is 2.88 bits per heavy atom. The second-order valence-corrected chi connectivity index (χ2v) is 6.03. The lowest BCUT2D eigenvalue weighted by Gasteiger charge is -2.12. The van der Waals surface area contributed by atoms with Crippen molar-refractivity contribution in [3.63, 3.8) is 0 Å². The molecule has 128 valence electrons. The molecule has 0 aliphatic heterocycles. The summed E-state index contributed by atoms with van der Waals surface area (Å²) in [5.41, 5.74) is 2.75. The Labute approximate surface area is 144 Å². The number of nitriles is 1. The van der Waals surface area contributed by atoms with Gasteiger partial charge in [-0.15, -0.1) is 0 Å². The molecule has 0 bridgehead atoms. The fourth-order valence-electron chi connectivity index (χ4n) is 3.11. The third-order valence-corrected chi connectivity index (χ3v) is 4.08. The van der Waals surface area contributed by atoms with Gasteiger partial charge in [-0.1, -0.05) is 0 Å². The molecule has 0 saturated heterocycles. The maximum Gasteiger partial charge on any atom is 0.345 e. The normalized spacial score (nSPS) is 14.4. The van der Waals surface area contributed by atoms with E-state index in [0.717, 1.165) is 29.5 Å². The highest BCUT2D eigenvalue weighted by Gasteiger charge is 2.25. The summed E-state index contributed by atoms with van der Waals surface area (Å²) in [6.45, 7) is 1.84. The molecule has 1 aliphatic carbocycles. The number of hydrogen-bond acceptors (Lipinski definition) is 6. The highest BCUT2D eigenvalue weighted by molar-refractivity contribution is 5.89. The number of carbonyl (C=O) groups is 1. The molecule has 0 N–H and O–H groups in total. The molecule has 0 amide bonds. The van der Waals surface area contributed by atoms with E-state index in [1.165, 1.54) is 10.6 Å². The molecular weight excluding hydrogens is 320 g/mol. The SMILES string of the molecule is CCOC(=O)c1cnc2c(C#N)c3c(cn2c1=O)CC/C3=C/N(C)C. The van der Waals surface area contributed by atoms with Gasteiger partial charge < -0.3 is 9.64 Å². The number of aromatic nitrogens is 2. The number of fused-ring (bicyclic) bond motifs is 2. The number of nitrogens with zero attached hydrogens (tertiary/aromatic N) is 4. The highest BCUT2D eigenvalue weighted by Crippen LogP contribution is 2.35. The van der Waals surface area contributed by atoms with Gasteiger partial charge in [0.2, 0.25) is 0 Å². The highest BCUT2D eigenvalue weighted by atomic mass is 16.5. The first-order valence-electron chi connectivity index (χ1n) is 7.99. The smallest absolute Gasteiger partial charge is 0.345 e. The van der Waals surface area contributed by atoms with Crippen LogP contribution in [0.2, 0.25) is 0 Å². The molecule has 0 aromatic carbocycles. The van der Waals surface area contributed by atoms with E-state index in [1.807, 2.05) is 25.2 Å². The molecule has 0 unspecified atom stereocenters. The molecule has 0 saturated carbocycles. The molecule has 25 heavy (non-hydrogen) atoms. The van der Waals surface area contributed by atoms with Crippen LogP contribution in [0.1, 0.15) is 40.4 Å². The minimum absolute atomic E-state index is 0.134. The predicted molar refractivity (Wildman–Crippen MR) is 92.1 cm³/mol. The summed E-state index contributed by atoms with van der Waals surface area (Å²) in [6, 6.07) is 2.18. The van der Waals surface area contributed by atoms with Crippen LogP contribution in [0.4, 0.5) is 0 Å². The van der Waals surface area contributed by atoms with Crippen LogP contribution in [0.5, 0.6) is 0 Å². The molecule has 7 heteroatoms. The predicted octanol–water partition coefficient (Wildman–Crippen LogP) is 1.59. The van der Waals surface area contributed by atoms with Crippen LogP contribution in [0.15, 0.2) is 23.4 Å². The van der Waals surface area contributed by atoms with Crippen molar-refractivity contribution < 1.29 is 9.53 Å². The lowest BCUT2D eigenvalue weighted by atomic mass is 10.0. The molecule has 1 aliphatic rings. The van der Waals surface area contributed by atoms with Crippen LogP contribution in [0, 0.1) is 11.3 Å². The Bertz CT molecular complexity index is 996. The van der Waals surface area contributed by atoms with Crippen molar-refractivity contribution >= 4 is 17.2 Å². The first-order valence-corrected chi connectivity index (χ1v) is 7.99. The number of esters is 1. The Morgan fingerprint density at radius 2 is 2.24 bits per heavy atom. The first-order chi connectivity index (χ1) is 12.0. The topological polar surface area (TPSA) is 87.7 Å². The molecule has 0 fully saturated rings. The zero-order valence-corrected chi connectivity index (χ0v) is 14.4. The van der Waals surface area contributed by atoms with E-state index in [9.17, 15) is 14.9 Å². The Hall–Kier alpha value is -3.14. The van der Waals surface area contributed by atoms with Crippen molar-refractivity contribution in [2.45, 2.75) is 19.8 Å². The number of ether oxygens (including phenoxy) is 1. The van der Waals surface area contributed by atoms with Gasteiger partial charge in [0.05, 0.1) is 6.61 Å². The van der Waals surface area contributed by atoms with Gasteiger partial charge >= 0.3 is 5.97 Å². The van der Waals surface area contributed by atoms with Gasteiger partial charge in [0.25, 0.3) is 5.56 Å². The zero-order chi connectivity index (χ0) is 18.1. The molecule has 2 heterocycles. The van der Waals surface area contributed by atoms with Crippen molar-refractivity contribution in [1.29, 1.82) is 5.26 Å². The molecule has 0 spiro atoms. The van der Waals surface area contributed by atoms with Crippen LogP contribution < -0.4 is 5.56 Å². The Morgan fingerprint density at radius 1 is 1.48 bits per heavy atom. The van der Waals surface area contributed by atoms with Crippen LogP contribution in [0.25, 0.3) is 11.2 Å². The van der Waals surface area contributed by atoms with Crippen molar-refractivity contribution in [3.05, 3.63) is 51.2 Å². The summed E-state index contributed by atoms with van der Waals surface area (Å²) in [4.78, 5) is 30.7. The summed E-state index contributed by atoms with van der Waals surface area (Å²) in [7, 11) is 3.85. The van der Waals surface area contributed by atoms with Gasteiger partial charge in [-0.25, -0.2) is 9.78 Å². The minimum Gasteiger partial charge on any atom is -0.462 e. The zero-order valence-electron chi connectivity index (χ0n) is 14.4. The molecule has 0 atom stereocenters. The lowest BCUT2D eigenvalue weighted by molar-refractivity contribution is 0.0523. The lowest BCUT2D eigenvalue weighted by Crippen LogP contribution is -2.25. The number of rotatable bonds is 3. The summed E-state index contributed by atoms with van der Waals surface area (Å²) >= 11 is 0. The number of hydrogen-bond donors (Lipinski definition) is 0. The second-order valence-electron chi connectivity index (χ2n) is 6.03. The van der Waals surface area contributed by atoms with Gasteiger partial charge in [-0.2, -0.15) is 5.26 Å². The molecule has 2 aromatic rings. The molecular formula is C18H18N4O3. The Balaban J connectivity index is 2.29. The van der Waals surface area contributed by atoms with Crippen LogP contribution in [-0.4, -0.2) is 41.0 Å². The number of allylic oxidation sites excluding steroid dienone is 1. The van der Waals surface area contributed by atoms with Crippen LogP contribution in [0.3, 0.4) is 0 Å². The van der Waals surface area contributed by atoms with E-state index < -0.39 is 11.5 Å². The molecule has 0 radical (unpaired) electrons. The van der Waals surface area contributed by atoms with E-state index in [4.69, 9.17) is 4.74 Å². The standard InChI is InChI=1S/C18H18N4O3/c1-4-25-18(24)14-8-20-16-13(7-19)15-11(9-21(2)3)5-6-12(15)10-22(16)17(14)23/h8-10H,4-6H2,1-3H3/b11-9-. The second kappa shape index (κ2) is 6.40. The monoisotopic (exact) mass is 338 g/mol. The van der Waals surface area contributed by atoms with E-state index in [0.29, 0.717) is 5.56 Å². The summed E-state index contributed by atoms with van der Waals surface area (Å²) in [5, 5.41) is 9.67. The van der Waals surface area contributed by atoms with Crippen LogP contribution in [-0.2, 0) is 11.2 Å². The van der Waals surface area contributed by atoms with Crippen LogP contribution >= 0.6 is 0 Å². The molecule has 7 nitrogen and oxygen atoms in total. The fourth-order valence-corrected chi connectivity index (χ4v) is 3.11. The van der Waals surface area contributed by atoms with Crippen molar-refractivity contribution in [3.8, 4) is 6.07 Å². The summed E-state index contributed by atoms with van der Waals surface area (Å²) in [6.07, 6.45) is 6.37. The molecule has 3 rings (SSSR count). The average molecular weight is 338 g/mol. The maximum atomic E-state index is 12.7. The van der Waals surface area contributed by atoms with E-state index in [-0.39, 0.29) is 17.8 Å². The maximum absolute atomic E-state index is 12.7. The summed E-state index contributed by atoms with van der Waals surface area (Å²) in [5.74, 6) is -0.707. The van der Waals surface area contributed by atoms with Gasteiger partial charge in [-0.3, -0.25) is 9.20 Å². The number of pyridine rings is 1. The van der Waals surface area contributed by atoms with Gasteiger partial charge in [0.15, 0.2) is 5.65 Å². The third-order valence-electron chi connectivity index (χ3n) is 4.08. The van der Waals surface area contributed by atoms with Gasteiger partial charge in [0, 0.05) is 38.3 Å². The quantitative estimate of drug-likeness (QED) is 0.790. The van der Waals surface area contributed by atoms with Crippen molar-refractivity contribution in [2.75, 3.05) is 20.7 Å². The van der Waals surface area contributed by atoms with Gasteiger partial charge in [0.1, 0.15) is 17.2 Å². The van der Waals surface area contributed by atoms with Gasteiger partial charge in [-0.05, 0) is 30.9 Å². The number of carbonyl (C=O) groups excluding carboxylic acids is 1. The number of aryl methyl sites for hydroxylation is 1. The average Bonchev–Trinajstić information content (AvgIpc) is 2.96.